The van der Waals surface area contributed by atoms with Crippen LogP contribution in [0.15, 0.2) is 29.2 Å². The summed E-state index contributed by atoms with van der Waals surface area (Å²) in [5.41, 5.74) is 2.28. The van der Waals surface area contributed by atoms with Crippen molar-refractivity contribution in [1.29, 1.82) is 0 Å². The number of hydrogen-bond donors (Lipinski definition) is 0. The number of benzene rings is 1. The van der Waals surface area contributed by atoms with E-state index in [4.69, 9.17) is 14.2 Å². The number of methoxy groups -OCH3 is 2. The second-order valence-corrected chi connectivity index (χ2v) is 10.2. The first-order chi connectivity index (χ1) is 16.2. The molecule has 1 aromatic carbocycles. The lowest BCUT2D eigenvalue weighted by Gasteiger charge is -2.18. The van der Waals surface area contributed by atoms with Crippen LogP contribution in [-0.2, 0) is 26.0 Å². The van der Waals surface area contributed by atoms with Gasteiger partial charge in [-0.25, -0.2) is 13.2 Å². The highest BCUT2D eigenvalue weighted by molar-refractivity contribution is 7.89. The van der Waals surface area contributed by atoms with Gasteiger partial charge in [-0.05, 0) is 57.4 Å². The third-order valence-corrected chi connectivity index (χ3v) is 7.94. The maximum absolute atomic E-state index is 13.0. The van der Waals surface area contributed by atoms with Crippen LogP contribution in [0.5, 0.6) is 5.75 Å². The maximum Gasteiger partial charge on any atom is 0.338 e. The summed E-state index contributed by atoms with van der Waals surface area (Å²) in [6.07, 6.45) is 2.40. The van der Waals surface area contributed by atoms with E-state index in [1.165, 1.54) is 29.6 Å². The van der Waals surface area contributed by atoms with Gasteiger partial charge in [0.25, 0.3) is 0 Å². The Bertz CT molecular complexity index is 1150. The molecule has 9 nitrogen and oxygen atoms in total. The summed E-state index contributed by atoms with van der Waals surface area (Å²) >= 11 is 0. The van der Waals surface area contributed by atoms with E-state index in [1.807, 2.05) is 18.4 Å². The van der Waals surface area contributed by atoms with Crippen LogP contribution >= 0.6 is 0 Å². The highest BCUT2D eigenvalue weighted by Crippen LogP contribution is 2.30. The fourth-order valence-electron chi connectivity index (χ4n) is 4.16. The molecule has 0 spiro atoms. The van der Waals surface area contributed by atoms with Crippen LogP contribution in [0.4, 0.5) is 0 Å². The van der Waals surface area contributed by atoms with Crippen LogP contribution in [0.3, 0.4) is 0 Å². The number of ketones is 1. The first-order valence-electron chi connectivity index (χ1n) is 11.2. The molecule has 0 amide bonds. The van der Waals surface area contributed by atoms with Crippen molar-refractivity contribution >= 4 is 21.8 Å². The van der Waals surface area contributed by atoms with Gasteiger partial charge >= 0.3 is 5.97 Å². The average Bonchev–Trinajstić information content (AvgIpc) is 3.47. The van der Waals surface area contributed by atoms with Crippen LogP contribution in [-0.4, -0.2) is 69.6 Å². The quantitative estimate of drug-likeness (QED) is 0.270. The Balaban J connectivity index is 1.73. The fraction of sp³-hybridized carbons (Fsp3) is 0.500. The van der Waals surface area contributed by atoms with Gasteiger partial charge in [0.2, 0.25) is 15.8 Å². The number of esters is 1. The molecule has 0 atom stereocenters. The molecule has 1 saturated heterocycles. The van der Waals surface area contributed by atoms with E-state index in [0.29, 0.717) is 25.3 Å². The number of aromatic nitrogens is 1. The molecular formula is C24H32N2O7S. The Morgan fingerprint density at radius 3 is 2.41 bits per heavy atom. The molecular weight excluding hydrogens is 460 g/mol. The van der Waals surface area contributed by atoms with Gasteiger partial charge in [-0.1, -0.05) is 0 Å². The van der Waals surface area contributed by atoms with Gasteiger partial charge < -0.3 is 18.8 Å². The van der Waals surface area contributed by atoms with Crippen molar-refractivity contribution in [2.24, 2.45) is 0 Å². The van der Waals surface area contributed by atoms with E-state index in [-0.39, 0.29) is 22.0 Å². The van der Waals surface area contributed by atoms with Crippen molar-refractivity contribution in [3.8, 4) is 5.75 Å². The second-order valence-electron chi connectivity index (χ2n) is 8.26. The van der Waals surface area contributed by atoms with E-state index in [2.05, 4.69) is 0 Å². The van der Waals surface area contributed by atoms with Gasteiger partial charge in [0.15, 0.2) is 6.61 Å². The van der Waals surface area contributed by atoms with E-state index >= 15 is 0 Å². The SMILES string of the molecule is COCCCn1c(C)cc(C(=O)COC(=O)c2ccc(OC)c(S(=O)(=O)N3CCCC3)c2)c1C. The minimum atomic E-state index is -3.81. The van der Waals surface area contributed by atoms with Crippen LogP contribution in [0.2, 0.25) is 0 Å². The minimum Gasteiger partial charge on any atom is -0.495 e. The summed E-state index contributed by atoms with van der Waals surface area (Å²) < 4.78 is 45.0. The molecule has 0 radical (unpaired) electrons. The molecule has 1 fully saturated rings. The Morgan fingerprint density at radius 1 is 1.06 bits per heavy atom. The van der Waals surface area contributed by atoms with Crippen LogP contribution in [0, 0.1) is 13.8 Å². The molecule has 0 unspecified atom stereocenters. The lowest BCUT2D eigenvalue weighted by Crippen LogP contribution is -2.28. The lowest BCUT2D eigenvalue weighted by molar-refractivity contribution is 0.0474. The Morgan fingerprint density at radius 2 is 1.76 bits per heavy atom. The maximum atomic E-state index is 13.0. The van der Waals surface area contributed by atoms with Crippen molar-refractivity contribution in [2.75, 3.05) is 40.5 Å². The number of carbonyl (C=O) groups is 2. The highest BCUT2D eigenvalue weighted by atomic mass is 32.2. The third-order valence-electron chi connectivity index (χ3n) is 6.02. The zero-order valence-corrected chi connectivity index (χ0v) is 20.9. The topological polar surface area (TPSA) is 104 Å². The van der Waals surface area contributed by atoms with Gasteiger partial charge in [-0.15, -0.1) is 0 Å². The van der Waals surface area contributed by atoms with Gasteiger partial charge in [0.1, 0.15) is 10.6 Å². The van der Waals surface area contributed by atoms with E-state index in [0.717, 1.165) is 37.2 Å². The van der Waals surface area contributed by atoms with Crippen molar-refractivity contribution < 1.29 is 32.2 Å². The lowest BCUT2D eigenvalue weighted by atomic mass is 10.1. The molecule has 2 heterocycles. The third kappa shape index (κ3) is 5.51. The predicted molar refractivity (Wildman–Crippen MR) is 126 cm³/mol. The van der Waals surface area contributed by atoms with Gasteiger partial charge in [-0.2, -0.15) is 4.31 Å². The molecule has 1 aliphatic heterocycles. The summed E-state index contributed by atoms with van der Waals surface area (Å²) in [5, 5.41) is 0. The Kier molecular flexibility index (Phi) is 8.51. The van der Waals surface area contributed by atoms with Crippen molar-refractivity contribution in [3.05, 3.63) is 46.8 Å². The number of Topliss-reactive ketones (excluding diaryl/α,β-unsaturated/α-hetero) is 1. The molecule has 34 heavy (non-hydrogen) atoms. The van der Waals surface area contributed by atoms with Crippen molar-refractivity contribution in [2.45, 2.75) is 44.6 Å². The van der Waals surface area contributed by atoms with Gasteiger partial charge in [0.05, 0.1) is 12.7 Å². The minimum absolute atomic E-state index is 0.0383. The number of ether oxygens (including phenoxy) is 3. The van der Waals surface area contributed by atoms with E-state index in [9.17, 15) is 18.0 Å². The number of rotatable bonds is 11. The number of hydrogen-bond acceptors (Lipinski definition) is 7. The number of nitrogens with zero attached hydrogens (tertiary/aromatic N) is 2. The van der Waals surface area contributed by atoms with Crippen LogP contribution in [0.25, 0.3) is 0 Å². The van der Waals surface area contributed by atoms with Crippen LogP contribution in [0.1, 0.15) is 51.4 Å². The molecule has 0 bridgehead atoms. The van der Waals surface area contributed by atoms with Crippen molar-refractivity contribution in [3.63, 3.8) is 0 Å². The summed E-state index contributed by atoms with van der Waals surface area (Å²) in [4.78, 5) is 25.3. The number of carbonyl (C=O) groups excluding carboxylic acids is 2. The molecule has 1 aliphatic rings. The van der Waals surface area contributed by atoms with E-state index in [1.54, 1.807) is 13.2 Å². The highest BCUT2D eigenvalue weighted by Gasteiger charge is 2.31. The van der Waals surface area contributed by atoms with Gasteiger partial charge in [-0.3, -0.25) is 4.79 Å². The predicted octanol–water partition coefficient (Wildman–Crippen LogP) is 2.97. The first-order valence-corrected chi connectivity index (χ1v) is 12.7. The smallest absolute Gasteiger partial charge is 0.338 e. The standard InChI is InChI=1S/C24H32N2O7S/c1-17-14-20(18(2)26(17)12-7-13-31-3)21(27)16-33-24(28)19-8-9-22(32-4)23(15-19)34(29,30)25-10-5-6-11-25/h8-9,14-15H,5-7,10-13,16H2,1-4H3. The Labute approximate surface area is 200 Å². The molecule has 0 aliphatic carbocycles. The average molecular weight is 493 g/mol. The zero-order valence-electron chi connectivity index (χ0n) is 20.1. The molecule has 2 aromatic rings. The van der Waals surface area contributed by atoms with Crippen LogP contribution < -0.4 is 4.74 Å². The van der Waals surface area contributed by atoms with Crippen molar-refractivity contribution in [1.82, 2.24) is 8.87 Å². The summed E-state index contributed by atoms with van der Waals surface area (Å²) in [5.74, 6) is -0.943. The molecule has 0 saturated carbocycles. The first kappa shape index (κ1) is 25.9. The summed E-state index contributed by atoms with van der Waals surface area (Å²) in [7, 11) is -0.786. The fourth-order valence-corrected chi connectivity index (χ4v) is 5.86. The monoisotopic (exact) mass is 492 g/mol. The zero-order chi connectivity index (χ0) is 24.9. The largest absolute Gasteiger partial charge is 0.495 e. The molecule has 1 aromatic heterocycles. The van der Waals surface area contributed by atoms with Gasteiger partial charge in [0, 0.05) is 50.3 Å². The second kappa shape index (κ2) is 11.2. The molecule has 0 N–H and O–H groups in total. The van der Waals surface area contributed by atoms with E-state index < -0.39 is 22.6 Å². The number of aryl methyl sites for hydroxylation is 1. The molecule has 10 heteroatoms. The molecule has 186 valence electrons. The summed E-state index contributed by atoms with van der Waals surface area (Å²) in [6.45, 7) is 5.53. The summed E-state index contributed by atoms with van der Waals surface area (Å²) in [6, 6.07) is 5.89. The Hall–Kier alpha value is -2.69. The normalized spacial score (nSPS) is 14.4. The number of sulfonamides is 1. The molecule has 3 rings (SSSR count).